The molecule has 252 valence electrons. The van der Waals surface area contributed by atoms with E-state index in [1.807, 2.05) is 6.07 Å². The Morgan fingerprint density at radius 1 is 0.370 bits per heavy atom. The predicted molar refractivity (Wildman–Crippen MR) is 219 cm³/mol. The molecule has 0 radical (unpaired) electrons. The van der Waals surface area contributed by atoms with Gasteiger partial charge in [-0.1, -0.05) is 176 Å². The Labute approximate surface area is 313 Å². The van der Waals surface area contributed by atoms with E-state index in [1.54, 1.807) is 0 Å². The van der Waals surface area contributed by atoms with Crippen LogP contribution >= 0.6 is 0 Å². The van der Waals surface area contributed by atoms with Crippen molar-refractivity contribution in [2.45, 2.75) is 5.41 Å². The Morgan fingerprint density at radius 2 is 0.907 bits per heavy atom. The molecule has 8 aromatic carbocycles. The lowest BCUT2D eigenvalue weighted by Crippen LogP contribution is -2.32. The van der Waals surface area contributed by atoms with Crippen molar-refractivity contribution in [3.8, 4) is 67.7 Å². The van der Waals surface area contributed by atoms with E-state index in [9.17, 15) is 0 Å². The smallest absolute Gasteiger partial charge is 0.161 e. The summed E-state index contributed by atoms with van der Waals surface area (Å²) in [6.07, 6.45) is 0. The number of benzene rings is 8. The van der Waals surface area contributed by atoms with Gasteiger partial charge in [0.05, 0.1) is 16.8 Å². The zero-order valence-electron chi connectivity index (χ0n) is 29.3. The number of rotatable bonds is 4. The first-order valence-electron chi connectivity index (χ1n) is 18.4. The molecule has 0 N–H and O–H groups in total. The fourth-order valence-corrected chi connectivity index (χ4v) is 8.95. The monoisotopic (exact) mass is 688 g/mol. The van der Waals surface area contributed by atoms with E-state index < -0.39 is 5.41 Å². The molecule has 54 heavy (non-hydrogen) atoms. The summed E-state index contributed by atoms with van der Waals surface area (Å²) in [7, 11) is 0. The number of nitrogens with zero attached hydrogens (tertiary/aromatic N) is 2. The molecule has 0 atom stereocenters. The van der Waals surface area contributed by atoms with E-state index >= 15 is 0 Å². The largest absolute Gasteiger partial charge is 0.457 e. The van der Waals surface area contributed by atoms with Crippen LogP contribution in [0.2, 0.25) is 0 Å². The number of hydrogen-bond donors (Lipinski definition) is 0. The van der Waals surface area contributed by atoms with E-state index in [-0.39, 0.29) is 0 Å². The van der Waals surface area contributed by atoms with Gasteiger partial charge in [-0.25, -0.2) is 9.97 Å². The summed E-state index contributed by atoms with van der Waals surface area (Å²) in [6.45, 7) is 0. The highest BCUT2D eigenvalue weighted by Gasteiger charge is 2.51. The summed E-state index contributed by atoms with van der Waals surface area (Å²) in [4.78, 5) is 10.9. The van der Waals surface area contributed by atoms with Crippen molar-refractivity contribution in [1.82, 2.24) is 9.97 Å². The van der Waals surface area contributed by atoms with Crippen LogP contribution in [0, 0.1) is 0 Å². The molecular weight excluding hydrogens is 657 g/mol. The van der Waals surface area contributed by atoms with Gasteiger partial charge in [0.2, 0.25) is 0 Å². The van der Waals surface area contributed by atoms with Gasteiger partial charge >= 0.3 is 0 Å². The summed E-state index contributed by atoms with van der Waals surface area (Å²) in [5.74, 6) is 2.44. The highest BCUT2D eigenvalue weighted by molar-refractivity contribution is 6.01. The molecule has 11 rings (SSSR count). The first-order valence-corrected chi connectivity index (χ1v) is 18.4. The SMILES string of the molecule is c1ccc(-c2cc(-c3ccccc3-c3cccc4ccccc34)nc(-c3cccc4c3-c3ccccc3C43c4ccccc4Oc4ccccc43)n2)cc1. The van der Waals surface area contributed by atoms with Crippen molar-refractivity contribution >= 4 is 10.8 Å². The van der Waals surface area contributed by atoms with Gasteiger partial charge < -0.3 is 4.74 Å². The van der Waals surface area contributed by atoms with Crippen LogP contribution in [0.4, 0.5) is 0 Å². The second kappa shape index (κ2) is 12.0. The molecule has 0 amide bonds. The maximum absolute atomic E-state index is 6.59. The first-order chi connectivity index (χ1) is 26.8. The van der Waals surface area contributed by atoms with Crippen molar-refractivity contribution in [1.29, 1.82) is 0 Å². The number of ether oxygens (including phenoxy) is 1. The van der Waals surface area contributed by atoms with Crippen LogP contribution < -0.4 is 4.74 Å². The molecule has 0 saturated carbocycles. The average Bonchev–Trinajstić information content (AvgIpc) is 3.54. The zero-order chi connectivity index (χ0) is 35.6. The fourth-order valence-electron chi connectivity index (χ4n) is 8.95. The summed E-state index contributed by atoms with van der Waals surface area (Å²) in [5, 5.41) is 2.42. The van der Waals surface area contributed by atoms with Gasteiger partial charge in [-0.05, 0) is 62.4 Å². The van der Waals surface area contributed by atoms with E-state index in [1.165, 1.54) is 33.0 Å². The number of fused-ring (bicyclic) bond motifs is 10. The van der Waals surface area contributed by atoms with Gasteiger partial charge in [0.1, 0.15) is 11.5 Å². The van der Waals surface area contributed by atoms with E-state index in [0.717, 1.165) is 61.8 Å². The number of para-hydroxylation sites is 2. The lowest BCUT2D eigenvalue weighted by molar-refractivity contribution is 0.436. The number of aromatic nitrogens is 2. The molecule has 2 aliphatic rings. The fraction of sp³-hybridized carbons (Fsp3) is 0.0196. The van der Waals surface area contributed by atoms with Gasteiger partial charge in [0.25, 0.3) is 0 Å². The van der Waals surface area contributed by atoms with Crippen LogP contribution in [-0.4, -0.2) is 9.97 Å². The summed E-state index contributed by atoms with van der Waals surface area (Å²) in [5.41, 5.74) is 13.6. The second-order valence-electron chi connectivity index (χ2n) is 14.0. The van der Waals surface area contributed by atoms with Crippen molar-refractivity contribution < 1.29 is 4.74 Å². The van der Waals surface area contributed by atoms with Crippen molar-refractivity contribution in [3.05, 3.63) is 216 Å². The van der Waals surface area contributed by atoms with Crippen molar-refractivity contribution in [2.75, 3.05) is 0 Å². The molecule has 0 fully saturated rings. The van der Waals surface area contributed by atoms with Gasteiger partial charge in [-0.3, -0.25) is 0 Å². The third-order valence-electron chi connectivity index (χ3n) is 11.2. The van der Waals surface area contributed by atoms with Gasteiger partial charge in [0, 0.05) is 27.8 Å². The van der Waals surface area contributed by atoms with Crippen molar-refractivity contribution in [3.63, 3.8) is 0 Å². The Balaban J connectivity index is 1.20. The molecule has 3 heteroatoms. The number of hydrogen-bond acceptors (Lipinski definition) is 3. The normalized spacial score (nSPS) is 13.1. The third kappa shape index (κ3) is 4.42. The Bertz CT molecular complexity index is 2880. The predicted octanol–water partition coefficient (Wildman–Crippen LogP) is 12.8. The maximum Gasteiger partial charge on any atom is 0.161 e. The van der Waals surface area contributed by atoms with Crippen LogP contribution in [0.15, 0.2) is 194 Å². The molecule has 0 saturated heterocycles. The third-order valence-corrected chi connectivity index (χ3v) is 11.2. The van der Waals surface area contributed by atoms with E-state index in [4.69, 9.17) is 14.7 Å². The van der Waals surface area contributed by atoms with Gasteiger partial charge in [0.15, 0.2) is 5.82 Å². The maximum atomic E-state index is 6.59. The lowest BCUT2D eigenvalue weighted by Gasteiger charge is -2.39. The minimum absolute atomic E-state index is 0.575. The molecule has 1 spiro atoms. The van der Waals surface area contributed by atoms with E-state index in [2.05, 4.69) is 188 Å². The molecule has 1 aliphatic carbocycles. The Kier molecular flexibility index (Phi) is 6.77. The minimum atomic E-state index is -0.575. The molecule has 0 bridgehead atoms. The summed E-state index contributed by atoms with van der Waals surface area (Å²) in [6, 6.07) is 68.8. The topological polar surface area (TPSA) is 35.0 Å². The molecular formula is C51H32N2O. The second-order valence-corrected chi connectivity index (χ2v) is 14.0. The van der Waals surface area contributed by atoms with Gasteiger partial charge in [-0.2, -0.15) is 0 Å². The van der Waals surface area contributed by atoms with Crippen molar-refractivity contribution in [2.24, 2.45) is 0 Å². The van der Waals surface area contributed by atoms with E-state index in [0.29, 0.717) is 5.82 Å². The van der Waals surface area contributed by atoms with Crippen LogP contribution in [-0.2, 0) is 5.41 Å². The summed E-state index contributed by atoms with van der Waals surface area (Å²) < 4.78 is 6.59. The zero-order valence-corrected chi connectivity index (χ0v) is 29.3. The minimum Gasteiger partial charge on any atom is -0.457 e. The molecule has 1 aliphatic heterocycles. The standard InChI is InChI=1S/C51H32N2O/c1-2-17-34(18-3-1)45-32-46(38-22-7-6-21-37(38)36-24-14-19-33-16-4-5-20-35(33)36)53-50(52-45)40-25-15-29-44-49(40)39-23-8-9-26-41(39)51(44)42-27-10-12-30-47(42)54-48-31-13-11-28-43(48)51/h1-32H. The van der Waals surface area contributed by atoms with Crippen LogP contribution in [0.3, 0.4) is 0 Å². The molecule has 3 nitrogen and oxygen atoms in total. The Hall–Kier alpha value is -7.10. The highest BCUT2D eigenvalue weighted by Crippen LogP contribution is 2.63. The molecule has 0 unspecified atom stereocenters. The van der Waals surface area contributed by atoms with Crippen LogP contribution in [0.5, 0.6) is 11.5 Å². The van der Waals surface area contributed by atoms with Crippen LogP contribution in [0.1, 0.15) is 22.3 Å². The summed E-state index contributed by atoms with van der Waals surface area (Å²) >= 11 is 0. The molecule has 2 heterocycles. The molecule has 9 aromatic rings. The average molecular weight is 689 g/mol. The van der Waals surface area contributed by atoms with Gasteiger partial charge in [-0.15, -0.1) is 0 Å². The lowest BCUT2D eigenvalue weighted by atomic mass is 9.66. The quantitative estimate of drug-likeness (QED) is 0.185. The highest BCUT2D eigenvalue weighted by atomic mass is 16.5. The van der Waals surface area contributed by atoms with Crippen LogP contribution in [0.25, 0.3) is 66.9 Å². The Morgan fingerprint density at radius 3 is 1.70 bits per heavy atom. The first kappa shape index (κ1) is 30.5. The molecule has 1 aromatic heterocycles.